The Hall–Kier alpha value is -2.35. The zero-order chi connectivity index (χ0) is 21.7. The van der Waals surface area contributed by atoms with E-state index in [1.807, 2.05) is 10.9 Å². The quantitative estimate of drug-likeness (QED) is 0.342. The number of nitrogen functional groups attached to an aromatic ring is 1. The van der Waals surface area contributed by atoms with Crippen LogP contribution in [0.5, 0.6) is 5.75 Å². The van der Waals surface area contributed by atoms with Crippen LogP contribution in [-0.2, 0) is 6.54 Å². The number of rotatable bonds is 9. The van der Waals surface area contributed by atoms with Gasteiger partial charge in [-0.2, -0.15) is 5.10 Å². The fourth-order valence-corrected chi connectivity index (χ4v) is 3.78. The van der Waals surface area contributed by atoms with E-state index in [0.29, 0.717) is 22.9 Å². The number of nitrogens with two attached hydrogens (primary N) is 2. The standard InChI is InChI=1S/C21H24Cl2FN5O/c1-13(19-16(22)5-6-17(24)20(19)23)30-18-9-14(10-27-21(18)26)15-11-28-29(12-15)8-4-2-3-7-25/h5-6,9-13H,2-4,7-8,25H2,1H3,(H2,26,27). The van der Waals surface area contributed by atoms with Crippen LogP contribution in [0, 0.1) is 5.82 Å². The summed E-state index contributed by atoms with van der Waals surface area (Å²) in [7, 11) is 0. The molecule has 160 valence electrons. The molecule has 0 saturated heterocycles. The van der Waals surface area contributed by atoms with Crippen LogP contribution in [-0.4, -0.2) is 21.3 Å². The molecular formula is C21H24Cl2FN5O. The maximum Gasteiger partial charge on any atom is 0.166 e. The number of benzene rings is 1. The van der Waals surface area contributed by atoms with Gasteiger partial charge in [-0.05, 0) is 44.5 Å². The van der Waals surface area contributed by atoms with Crippen molar-refractivity contribution in [2.45, 2.75) is 38.8 Å². The minimum absolute atomic E-state index is 0.0754. The molecule has 0 saturated carbocycles. The highest BCUT2D eigenvalue weighted by Crippen LogP contribution is 2.36. The first-order valence-corrected chi connectivity index (χ1v) is 10.4. The third kappa shape index (κ3) is 5.22. The van der Waals surface area contributed by atoms with Gasteiger partial charge in [-0.1, -0.05) is 29.6 Å². The summed E-state index contributed by atoms with van der Waals surface area (Å²) in [6.07, 6.45) is 7.83. The van der Waals surface area contributed by atoms with Crippen LogP contribution in [0.15, 0.2) is 36.8 Å². The molecule has 30 heavy (non-hydrogen) atoms. The maximum atomic E-state index is 13.9. The molecule has 1 atom stereocenters. The lowest BCUT2D eigenvalue weighted by molar-refractivity contribution is 0.227. The lowest BCUT2D eigenvalue weighted by Gasteiger charge is -2.19. The predicted molar refractivity (Wildman–Crippen MR) is 118 cm³/mol. The molecule has 2 aromatic heterocycles. The molecule has 6 nitrogen and oxygen atoms in total. The van der Waals surface area contributed by atoms with E-state index in [-0.39, 0.29) is 10.8 Å². The third-order valence-corrected chi connectivity index (χ3v) is 5.44. The van der Waals surface area contributed by atoms with Gasteiger partial charge in [-0.3, -0.25) is 4.68 Å². The number of hydrogen-bond donors (Lipinski definition) is 2. The number of aromatic nitrogens is 3. The van der Waals surface area contributed by atoms with Crippen LogP contribution in [0.3, 0.4) is 0 Å². The fraction of sp³-hybridized carbons (Fsp3) is 0.333. The largest absolute Gasteiger partial charge is 0.482 e. The highest BCUT2D eigenvalue weighted by molar-refractivity contribution is 6.36. The van der Waals surface area contributed by atoms with E-state index in [0.717, 1.165) is 36.9 Å². The van der Waals surface area contributed by atoms with Gasteiger partial charge < -0.3 is 16.2 Å². The second-order valence-corrected chi connectivity index (χ2v) is 7.75. The van der Waals surface area contributed by atoms with Crippen molar-refractivity contribution < 1.29 is 9.13 Å². The number of aryl methyl sites for hydroxylation is 1. The smallest absolute Gasteiger partial charge is 0.166 e. The summed E-state index contributed by atoms with van der Waals surface area (Å²) in [5.41, 5.74) is 13.6. The number of anilines is 1. The Bertz CT molecular complexity index is 1010. The van der Waals surface area contributed by atoms with Crippen LogP contribution in [0.25, 0.3) is 11.1 Å². The van der Waals surface area contributed by atoms with Crippen LogP contribution >= 0.6 is 23.2 Å². The lowest BCUT2D eigenvalue weighted by atomic mass is 10.1. The van der Waals surface area contributed by atoms with Crippen LogP contribution in [0.2, 0.25) is 10.0 Å². The van der Waals surface area contributed by atoms with Crippen molar-refractivity contribution in [3.05, 3.63) is 58.2 Å². The van der Waals surface area contributed by atoms with Crippen LogP contribution in [0.1, 0.15) is 37.9 Å². The van der Waals surface area contributed by atoms with E-state index in [4.69, 9.17) is 39.4 Å². The molecule has 0 radical (unpaired) electrons. The summed E-state index contributed by atoms with van der Waals surface area (Å²) in [6.45, 7) is 3.24. The SMILES string of the molecule is CC(Oc1cc(-c2cnn(CCCCCN)c2)cnc1N)c1c(Cl)ccc(F)c1Cl. The molecule has 3 aromatic rings. The van der Waals surface area contributed by atoms with Gasteiger partial charge in [0.1, 0.15) is 11.9 Å². The zero-order valence-corrected chi connectivity index (χ0v) is 18.1. The summed E-state index contributed by atoms with van der Waals surface area (Å²) in [5.74, 6) is 0.000700. The van der Waals surface area contributed by atoms with Gasteiger partial charge in [-0.15, -0.1) is 0 Å². The first-order chi connectivity index (χ1) is 14.4. The minimum Gasteiger partial charge on any atom is -0.482 e. The number of nitrogens with zero attached hydrogens (tertiary/aromatic N) is 3. The van der Waals surface area contributed by atoms with E-state index in [2.05, 4.69) is 10.1 Å². The van der Waals surface area contributed by atoms with E-state index >= 15 is 0 Å². The van der Waals surface area contributed by atoms with Gasteiger partial charge in [0.25, 0.3) is 0 Å². The molecule has 0 spiro atoms. The number of hydrogen-bond acceptors (Lipinski definition) is 5. The maximum absolute atomic E-state index is 13.9. The zero-order valence-electron chi connectivity index (χ0n) is 16.6. The lowest BCUT2D eigenvalue weighted by Crippen LogP contribution is -2.08. The van der Waals surface area contributed by atoms with Crippen LogP contribution < -0.4 is 16.2 Å². The minimum atomic E-state index is -0.634. The van der Waals surface area contributed by atoms with E-state index in [1.165, 1.54) is 12.1 Å². The average Bonchev–Trinajstić information content (AvgIpc) is 3.19. The normalized spacial score (nSPS) is 12.2. The Morgan fingerprint density at radius 1 is 1.17 bits per heavy atom. The van der Waals surface area contributed by atoms with Crippen molar-refractivity contribution in [2.75, 3.05) is 12.3 Å². The third-order valence-electron chi connectivity index (χ3n) is 4.73. The van der Waals surface area contributed by atoms with Gasteiger partial charge in [0.15, 0.2) is 11.6 Å². The van der Waals surface area contributed by atoms with E-state index in [1.54, 1.807) is 25.4 Å². The highest BCUT2D eigenvalue weighted by atomic mass is 35.5. The number of unbranched alkanes of at least 4 members (excludes halogenated alkanes) is 2. The van der Waals surface area contributed by atoms with Crippen molar-refractivity contribution in [3.8, 4) is 16.9 Å². The molecule has 0 aliphatic rings. The van der Waals surface area contributed by atoms with E-state index < -0.39 is 11.9 Å². The molecule has 0 fully saturated rings. The summed E-state index contributed by atoms with van der Waals surface area (Å²) in [5, 5.41) is 4.63. The fourth-order valence-electron chi connectivity index (χ4n) is 3.10. The van der Waals surface area contributed by atoms with Gasteiger partial charge in [0, 0.05) is 40.7 Å². The van der Waals surface area contributed by atoms with Crippen LogP contribution in [0.4, 0.5) is 10.2 Å². The van der Waals surface area contributed by atoms with Crippen molar-refractivity contribution >= 4 is 29.0 Å². The Kier molecular flexibility index (Phi) is 7.53. The summed E-state index contributed by atoms with van der Waals surface area (Å²) in [4.78, 5) is 4.22. The van der Waals surface area contributed by atoms with Crippen molar-refractivity contribution in [2.24, 2.45) is 5.73 Å². The first kappa shape index (κ1) is 22.3. The molecule has 0 amide bonds. The number of halogens is 3. The van der Waals surface area contributed by atoms with Gasteiger partial charge in [0.2, 0.25) is 0 Å². The Labute approximate surface area is 184 Å². The summed E-state index contributed by atoms with van der Waals surface area (Å²) >= 11 is 12.3. The van der Waals surface area contributed by atoms with Crippen molar-refractivity contribution in [1.29, 1.82) is 0 Å². The molecular weight excluding hydrogens is 428 g/mol. The van der Waals surface area contributed by atoms with E-state index in [9.17, 15) is 4.39 Å². The molecule has 0 aliphatic heterocycles. The summed E-state index contributed by atoms with van der Waals surface area (Å²) < 4.78 is 21.7. The molecule has 4 N–H and O–H groups in total. The highest BCUT2D eigenvalue weighted by Gasteiger charge is 2.20. The molecule has 3 rings (SSSR count). The molecule has 0 bridgehead atoms. The average molecular weight is 452 g/mol. The molecule has 0 aliphatic carbocycles. The number of pyridine rings is 1. The molecule has 1 aromatic carbocycles. The molecule has 1 unspecified atom stereocenters. The summed E-state index contributed by atoms with van der Waals surface area (Å²) in [6, 6.07) is 4.43. The first-order valence-electron chi connectivity index (χ1n) is 9.69. The Balaban J connectivity index is 1.78. The van der Waals surface area contributed by atoms with Gasteiger partial charge in [-0.25, -0.2) is 9.37 Å². The Morgan fingerprint density at radius 2 is 1.97 bits per heavy atom. The topological polar surface area (TPSA) is 92.0 Å². The second-order valence-electron chi connectivity index (χ2n) is 6.97. The van der Waals surface area contributed by atoms with Gasteiger partial charge >= 0.3 is 0 Å². The number of ether oxygens (including phenoxy) is 1. The monoisotopic (exact) mass is 451 g/mol. The van der Waals surface area contributed by atoms with Crippen molar-refractivity contribution in [3.63, 3.8) is 0 Å². The second kappa shape index (κ2) is 10.1. The molecule has 9 heteroatoms. The molecule has 2 heterocycles. The van der Waals surface area contributed by atoms with Crippen molar-refractivity contribution in [1.82, 2.24) is 14.8 Å². The Morgan fingerprint density at radius 3 is 2.73 bits per heavy atom. The van der Waals surface area contributed by atoms with Gasteiger partial charge in [0.05, 0.1) is 11.2 Å². The predicted octanol–water partition coefficient (Wildman–Crippen LogP) is 5.24.